The van der Waals surface area contributed by atoms with Crippen molar-refractivity contribution in [2.24, 2.45) is 11.7 Å². The number of hydrogen-bond acceptors (Lipinski definition) is 3. The number of rotatable bonds is 6. The molecule has 0 spiro atoms. The summed E-state index contributed by atoms with van der Waals surface area (Å²) in [6.07, 6.45) is 10.6. The van der Waals surface area contributed by atoms with Crippen molar-refractivity contribution in [3.05, 3.63) is 18.2 Å². The van der Waals surface area contributed by atoms with Crippen molar-refractivity contribution in [2.45, 2.75) is 51.1 Å². The van der Waals surface area contributed by atoms with Gasteiger partial charge in [-0.2, -0.15) is 0 Å². The summed E-state index contributed by atoms with van der Waals surface area (Å²) in [4.78, 5) is 6.94. The van der Waals surface area contributed by atoms with Crippen molar-refractivity contribution >= 4 is 0 Å². The van der Waals surface area contributed by atoms with Gasteiger partial charge in [0.25, 0.3) is 0 Å². The number of likely N-dealkylation sites (tertiary alicyclic amines) is 1. The van der Waals surface area contributed by atoms with Crippen molar-refractivity contribution in [3.63, 3.8) is 0 Å². The molecule has 1 aromatic heterocycles. The monoisotopic (exact) mass is 262 g/mol. The molecule has 19 heavy (non-hydrogen) atoms. The van der Waals surface area contributed by atoms with E-state index >= 15 is 0 Å². The van der Waals surface area contributed by atoms with Gasteiger partial charge in [0.05, 0.1) is 18.1 Å². The van der Waals surface area contributed by atoms with E-state index in [4.69, 9.17) is 5.73 Å². The van der Waals surface area contributed by atoms with Crippen LogP contribution in [0.1, 0.15) is 56.8 Å². The molecule has 0 radical (unpaired) electrons. The SMILES string of the molecule is CCCC1CCN(C(CN)c2cncn2C2CC2)C1. The summed E-state index contributed by atoms with van der Waals surface area (Å²) >= 11 is 0. The molecule has 2 fully saturated rings. The van der Waals surface area contributed by atoms with Gasteiger partial charge in [-0.3, -0.25) is 4.90 Å². The Morgan fingerprint density at radius 2 is 2.26 bits per heavy atom. The first-order valence-electron chi connectivity index (χ1n) is 7.79. The topological polar surface area (TPSA) is 47.1 Å². The predicted molar refractivity (Wildman–Crippen MR) is 76.9 cm³/mol. The number of hydrogen-bond donors (Lipinski definition) is 1. The van der Waals surface area contributed by atoms with E-state index in [0.29, 0.717) is 18.6 Å². The number of nitrogens with zero attached hydrogens (tertiary/aromatic N) is 3. The highest BCUT2D eigenvalue weighted by Crippen LogP contribution is 2.38. The molecular weight excluding hydrogens is 236 g/mol. The molecule has 3 rings (SSSR count). The molecule has 4 nitrogen and oxygen atoms in total. The molecule has 2 N–H and O–H groups in total. The maximum absolute atomic E-state index is 6.07. The fourth-order valence-electron chi connectivity index (χ4n) is 3.48. The minimum absolute atomic E-state index is 0.366. The first-order chi connectivity index (χ1) is 9.33. The molecule has 0 amide bonds. The molecule has 1 aliphatic heterocycles. The third-order valence-electron chi connectivity index (χ3n) is 4.66. The van der Waals surface area contributed by atoms with Gasteiger partial charge in [-0.05, 0) is 38.1 Å². The number of imidazole rings is 1. The average molecular weight is 262 g/mol. The Kier molecular flexibility index (Phi) is 3.89. The quantitative estimate of drug-likeness (QED) is 0.856. The summed E-state index contributed by atoms with van der Waals surface area (Å²) in [7, 11) is 0. The van der Waals surface area contributed by atoms with Crippen LogP contribution in [0.4, 0.5) is 0 Å². The molecule has 2 atom stereocenters. The van der Waals surface area contributed by atoms with Gasteiger partial charge in [0.2, 0.25) is 0 Å². The van der Waals surface area contributed by atoms with Gasteiger partial charge in [0, 0.05) is 25.3 Å². The normalized spacial score (nSPS) is 25.9. The van der Waals surface area contributed by atoms with Gasteiger partial charge >= 0.3 is 0 Å². The van der Waals surface area contributed by atoms with E-state index < -0.39 is 0 Å². The van der Waals surface area contributed by atoms with Crippen LogP contribution in [0.3, 0.4) is 0 Å². The Morgan fingerprint density at radius 3 is 2.95 bits per heavy atom. The lowest BCUT2D eigenvalue weighted by Gasteiger charge is -2.27. The Hall–Kier alpha value is -0.870. The third-order valence-corrected chi connectivity index (χ3v) is 4.66. The summed E-state index contributed by atoms with van der Waals surface area (Å²) in [6.45, 7) is 5.40. The van der Waals surface area contributed by atoms with E-state index in [1.165, 1.54) is 50.9 Å². The zero-order valence-corrected chi connectivity index (χ0v) is 12.0. The summed E-state index contributed by atoms with van der Waals surface area (Å²) in [6, 6.07) is 1.06. The van der Waals surface area contributed by atoms with Crippen molar-refractivity contribution in [1.82, 2.24) is 14.5 Å². The lowest BCUT2D eigenvalue weighted by atomic mass is 10.0. The molecule has 0 aromatic carbocycles. The highest BCUT2D eigenvalue weighted by atomic mass is 15.2. The van der Waals surface area contributed by atoms with Crippen LogP contribution in [0.2, 0.25) is 0 Å². The number of nitrogens with two attached hydrogens (primary N) is 1. The first kappa shape index (κ1) is 13.1. The summed E-state index contributed by atoms with van der Waals surface area (Å²) in [5, 5.41) is 0. The van der Waals surface area contributed by atoms with Crippen molar-refractivity contribution in [3.8, 4) is 0 Å². The van der Waals surface area contributed by atoms with Crippen LogP contribution in [0.15, 0.2) is 12.5 Å². The maximum Gasteiger partial charge on any atom is 0.0951 e. The molecule has 1 saturated heterocycles. The second kappa shape index (κ2) is 5.63. The Labute approximate surface area is 116 Å². The molecule has 1 aromatic rings. The Morgan fingerprint density at radius 1 is 1.42 bits per heavy atom. The largest absolute Gasteiger partial charge is 0.330 e. The molecule has 1 aliphatic carbocycles. The fourth-order valence-corrected chi connectivity index (χ4v) is 3.48. The molecule has 4 heteroatoms. The molecular formula is C15H26N4. The van der Waals surface area contributed by atoms with Gasteiger partial charge in [-0.15, -0.1) is 0 Å². The van der Waals surface area contributed by atoms with Crippen molar-refractivity contribution < 1.29 is 0 Å². The lowest BCUT2D eigenvalue weighted by Crippen LogP contribution is -2.33. The van der Waals surface area contributed by atoms with E-state index in [0.717, 1.165) is 5.92 Å². The molecule has 2 aliphatic rings. The standard InChI is InChI=1S/C15H26N4/c1-2-3-12-6-7-18(10-12)14(8-16)15-9-17-11-19(15)13-4-5-13/h9,11-14H,2-8,10,16H2,1H3. The minimum Gasteiger partial charge on any atom is -0.330 e. The van der Waals surface area contributed by atoms with Gasteiger partial charge < -0.3 is 10.3 Å². The maximum atomic E-state index is 6.07. The zero-order valence-electron chi connectivity index (χ0n) is 12.0. The summed E-state index contributed by atoms with van der Waals surface area (Å²) < 4.78 is 2.37. The van der Waals surface area contributed by atoms with Crippen molar-refractivity contribution in [2.75, 3.05) is 19.6 Å². The van der Waals surface area contributed by atoms with E-state index in [1.54, 1.807) is 0 Å². The highest BCUT2D eigenvalue weighted by molar-refractivity contribution is 5.10. The molecule has 2 unspecified atom stereocenters. The van der Waals surface area contributed by atoms with E-state index in [2.05, 4.69) is 21.4 Å². The average Bonchev–Trinajstić information content (AvgIpc) is 2.97. The Bertz CT molecular complexity index is 410. The van der Waals surface area contributed by atoms with Crippen molar-refractivity contribution in [1.29, 1.82) is 0 Å². The summed E-state index contributed by atoms with van der Waals surface area (Å²) in [5.74, 6) is 0.872. The van der Waals surface area contributed by atoms with Gasteiger partial charge in [-0.1, -0.05) is 13.3 Å². The van der Waals surface area contributed by atoms with Crippen LogP contribution in [0, 0.1) is 5.92 Å². The predicted octanol–water partition coefficient (Wildman–Crippen LogP) is 2.34. The van der Waals surface area contributed by atoms with E-state index in [9.17, 15) is 0 Å². The van der Waals surface area contributed by atoms with Gasteiger partial charge in [0.1, 0.15) is 0 Å². The second-order valence-corrected chi connectivity index (χ2v) is 6.15. The van der Waals surface area contributed by atoms with Crippen LogP contribution >= 0.6 is 0 Å². The van der Waals surface area contributed by atoms with Gasteiger partial charge in [-0.25, -0.2) is 4.98 Å². The van der Waals surface area contributed by atoms with Crippen LogP contribution < -0.4 is 5.73 Å². The first-order valence-corrected chi connectivity index (χ1v) is 7.79. The second-order valence-electron chi connectivity index (χ2n) is 6.15. The Balaban J connectivity index is 1.72. The number of aromatic nitrogens is 2. The minimum atomic E-state index is 0.366. The zero-order chi connectivity index (χ0) is 13.2. The van der Waals surface area contributed by atoms with Crippen LogP contribution in [-0.2, 0) is 0 Å². The highest BCUT2D eigenvalue weighted by Gasteiger charge is 2.32. The third kappa shape index (κ3) is 2.70. The molecule has 2 heterocycles. The molecule has 1 saturated carbocycles. The smallest absolute Gasteiger partial charge is 0.0951 e. The van der Waals surface area contributed by atoms with Crippen LogP contribution in [0.5, 0.6) is 0 Å². The van der Waals surface area contributed by atoms with Crippen LogP contribution in [-0.4, -0.2) is 34.1 Å². The van der Waals surface area contributed by atoms with Crippen LogP contribution in [0.25, 0.3) is 0 Å². The van der Waals surface area contributed by atoms with E-state index in [1.807, 2.05) is 12.5 Å². The fraction of sp³-hybridized carbons (Fsp3) is 0.800. The molecule has 0 bridgehead atoms. The summed E-state index contributed by atoms with van der Waals surface area (Å²) in [5.41, 5.74) is 7.41. The van der Waals surface area contributed by atoms with Gasteiger partial charge in [0.15, 0.2) is 0 Å². The van der Waals surface area contributed by atoms with E-state index in [-0.39, 0.29) is 0 Å². The molecule has 106 valence electrons. The lowest BCUT2D eigenvalue weighted by molar-refractivity contribution is 0.230.